The van der Waals surface area contributed by atoms with Gasteiger partial charge in [0.15, 0.2) is 0 Å². The summed E-state index contributed by atoms with van der Waals surface area (Å²) in [5.74, 6) is 0.125. The van der Waals surface area contributed by atoms with Crippen LogP contribution in [-0.2, 0) is 4.79 Å². The number of likely N-dealkylation sites (tertiary alicyclic amines) is 1. The van der Waals surface area contributed by atoms with E-state index in [-0.39, 0.29) is 5.91 Å². The predicted octanol–water partition coefficient (Wildman–Crippen LogP) is 2.51. The first-order valence-corrected chi connectivity index (χ1v) is 10.5. The van der Waals surface area contributed by atoms with Crippen molar-refractivity contribution >= 4 is 44.9 Å². The Bertz CT molecular complexity index is 928. The number of piperazine rings is 1. The number of rotatable bonds is 3. The molecule has 2 saturated heterocycles. The highest BCUT2D eigenvalue weighted by molar-refractivity contribution is 7.19. The number of amides is 1. The quantitative estimate of drug-likeness (QED) is 0.888. The number of allylic oxidation sites excluding steroid dienone is 1. The summed E-state index contributed by atoms with van der Waals surface area (Å²) in [5.41, 5.74) is 3.06. The van der Waals surface area contributed by atoms with Crippen LogP contribution in [0.1, 0.15) is 24.3 Å². The van der Waals surface area contributed by atoms with Gasteiger partial charge in [-0.1, -0.05) is 6.08 Å². The van der Waals surface area contributed by atoms with Gasteiger partial charge in [0.1, 0.15) is 11.2 Å². The smallest absolute Gasteiger partial charge is 0.240 e. The van der Waals surface area contributed by atoms with Gasteiger partial charge in [-0.2, -0.15) is 0 Å². The Balaban J connectivity index is 1.37. The molecule has 0 radical (unpaired) electrons. The molecule has 2 aromatic rings. The molecule has 1 aromatic heterocycles. The number of aliphatic imine (C=N–C) groups is 1. The van der Waals surface area contributed by atoms with Gasteiger partial charge in [-0.15, -0.1) is 11.3 Å². The largest absolute Gasteiger partial charge is 0.310 e. The summed E-state index contributed by atoms with van der Waals surface area (Å²) < 4.78 is 1.12. The summed E-state index contributed by atoms with van der Waals surface area (Å²) in [5, 5.41) is 4.13. The van der Waals surface area contributed by atoms with E-state index < -0.39 is 0 Å². The number of nitrogens with zero attached hydrogens (tertiary/aromatic N) is 4. The van der Waals surface area contributed by atoms with Crippen molar-refractivity contribution in [2.24, 2.45) is 4.99 Å². The van der Waals surface area contributed by atoms with Gasteiger partial charge in [0.05, 0.1) is 16.8 Å². The normalized spacial score (nSPS) is 24.0. The van der Waals surface area contributed by atoms with E-state index >= 15 is 0 Å². The van der Waals surface area contributed by atoms with Crippen molar-refractivity contribution in [3.05, 3.63) is 29.3 Å². The average molecular weight is 382 g/mol. The van der Waals surface area contributed by atoms with Crippen LogP contribution >= 0.6 is 11.3 Å². The van der Waals surface area contributed by atoms with Crippen molar-refractivity contribution in [3.63, 3.8) is 0 Å². The summed E-state index contributed by atoms with van der Waals surface area (Å²) in [7, 11) is 0. The summed E-state index contributed by atoms with van der Waals surface area (Å²) in [6, 6.07) is 6.11. The Morgan fingerprint density at radius 3 is 2.85 bits per heavy atom. The van der Waals surface area contributed by atoms with Crippen LogP contribution in [-0.4, -0.2) is 60.9 Å². The zero-order chi connectivity index (χ0) is 18.2. The number of carbonyl (C=O) groups is 1. The van der Waals surface area contributed by atoms with Crippen molar-refractivity contribution in [3.8, 4) is 0 Å². The SMILES string of the molecule is O=C1CNCCN1c1ccc2nc(C3=CCC(N4CCCC4)N=C3)sc2c1. The molecule has 0 bridgehead atoms. The van der Waals surface area contributed by atoms with Gasteiger partial charge in [-0.3, -0.25) is 14.7 Å². The number of anilines is 1. The molecule has 1 N–H and O–H groups in total. The Morgan fingerprint density at radius 1 is 1.19 bits per heavy atom. The maximum absolute atomic E-state index is 12.1. The molecule has 3 aliphatic heterocycles. The fourth-order valence-electron chi connectivity index (χ4n) is 4.02. The van der Waals surface area contributed by atoms with Crippen molar-refractivity contribution < 1.29 is 4.79 Å². The van der Waals surface area contributed by atoms with Gasteiger partial charge < -0.3 is 10.2 Å². The Labute approximate surface area is 162 Å². The summed E-state index contributed by atoms with van der Waals surface area (Å²) >= 11 is 1.68. The molecule has 140 valence electrons. The van der Waals surface area contributed by atoms with Crippen molar-refractivity contribution in [1.29, 1.82) is 0 Å². The van der Waals surface area contributed by atoms with Crippen LogP contribution < -0.4 is 10.2 Å². The van der Waals surface area contributed by atoms with Gasteiger partial charge in [0.2, 0.25) is 5.91 Å². The van der Waals surface area contributed by atoms with Crippen LogP contribution in [0.25, 0.3) is 15.8 Å². The first-order valence-electron chi connectivity index (χ1n) is 9.67. The number of nitrogens with one attached hydrogen (secondary N) is 1. The number of aromatic nitrogens is 1. The molecule has 27 heavy (non-hydrogen) atoms. The first-order chi connectivity index (χ1) is 13.3. The third kappa shape index (κ3) is 3.31. The number of fused-ring (bicyclic) bond motifs is 1. The van der Waals surface area contributed by atoms with Crippen molar-refractivity contribution in [2.45, 2.75) is 25.4 Å². The number of hydrogen-bond donors (Lipinski definition) is 1. The zero-order valence-corrected chi connectivity index (χ0v) is 16.0. The van der Waals surface area contributed by atoms with E-state index in [0.717, 1.165) is 39.5 Å². The minimum absolute atomic E-state index is 0.125. The average Bonchev–Trinajstić information content (AvgIpc) is 3.38. The number of dihydropyridines is 1. The van der Waals surface area contributed by atoms with Gasteiger partial charge >= 0.3 is 0 Å². The van der Waals surface area contributed by atoms with Gasteiger partial charge in [0.25, 0.3) is 0 Å². The van der Waals surface area contributed by atoms with E-state index in [0.29, 0.717) is 19.3 Å². The first kappa shape index (κ1) is 17.0. The van der Waals surface area contributed by atoms with E-state index in [1.54, 1.807) is 11.3 Å². The predicted molar refractivity (Wildman–Crippen MR) is 111 cm³/mol. The van der Waals surface area contributed by atoms with Crippen LogP contribution in [0.3, 0.4) is 0 Å². The molecule has 3 aliphatic rings. The summed E-state index contributed by atoms with van der Waals surface area (Å²) in [6.07, 6.45) is 8.11. The van der Waals surface area contributed by atoms with E-state index in [1.165, 1.54) is 25.9 Å². The van der Waals surface area contributed by atoms with E-state index in [9.17, 15) is 4.79 Å². The summed E-state index contributed by atoms with van der Waals surface area (Å²) in [6.45, 7) is 4.29. The van der Waals surface area contributed by atoms with E-state index in [1.807, 2.05) is 23.2 Å². The van der Waals surface area contributed by atoms with Gasteiger partial charge in [-0.05, 0) is 31.0 Å². The molecule has 1 amide bonds. The highest BCUT2D eigenvalue weighted by Crippen LogP contribution is 2.32. The Kier molecular flexibility index (Phi) is 4.51. The maximum Gasteiger partial charge on any atom is 0.240 e. The third-order valence-corrected chi connectivity index (χ3v) is 6.58. The van der Waals surface area contributed by atoms with E-state index in [4.69, 9.17) is 9.98 Å². The van der Waals surface area contributed by atoms with Crippen molar-refractivity contribution in [1.82, 2.24) is 15.2 Å². The second-order valence-electron chi connectivity index (χ2n) is 7.29. The molecule has 0 spiro atoms. The molecule has 0 aliphatic carbocycles. The Morgan fingerprint density at radius 2 is 2.07 bits per heavy atom. The fraction of sp³-hybridized carbons (Fsp3) is 0.450. The van der Waals surface area contributed by atoms with Crippen LogP contribution in [0.5, 0.6) is 0 Å². The topological polar surface area (TPSA) is 60.8 Å². The molecule has 1 atom stereocenters. The Hall–Kier alpha value is -2.09. The molecular weight excluding hydrogens is 358 g/mol. The van der Waals surface area contributed by atoms with E-state index in [2.05, 4.69) is 22.4 Å². The molecule has 1 unspecified atom stereocenters. The highest BCUT2D eigenvalue weighted by atomic mass is 32.1. The van der Waals surface area contributed by atoms with Crippen LogP contribution in [0, 0.1) is 0 Å². The molecule has 5 rings (SSSR count). The van der Waals surface area contributed by atoms with Crippen molar-refractivity contribution in [2.75, 3.05) is 37.6 Å². The fourth-order valence-corrected chi connectivity index (χ4v) is 5.03. The molecule has 0 saturated carbocycles. The monoisotopic (exact) mass is 381 g/mol. The second kappa shape index (κ2) is 7.14. The highest BCUT2D eigenvalue weighted by Gasteiger charge is 2.23. The molecule has 1 aromatic carbocycles. The second-order valence-corrected chi connectivity index (χ2v) is 8.32. The molecule has 6 nitrogen and oxygen atoms in total. The van der Waals surface area contributed by atoms with Crippen LogP contribution in [0.4, 0.5) is 5.69 Å². The zero-order valence-electron chi connectivity index (χ0n) is 15.2. The lowest BCUT2D eigenvalue weighted by atomic mass is 10.1. The number of hydrogen-bond acceptors (Lipinski definition) is 6. The van der Waals surface area contributed by atoms with Gasteiger partial charge in [-0.25, -0.2) is 4.98 Å². The van der Waals surface area contributed by atoms with Crippen LogP contribution in [0.2, 0.25) is 0 Å². The number of carbonyl (C=O) groups excluding carboxylic acids is 1. The third-order valence-electron chi connectivity index (χ3n) is 5.52. The molecule has 4 heterocycles. The van der Waals surface area contributed by atoms with Crippen LogP contribution in [0.15, 0.2) is 29.3 Å². The summed E-state index contributed by atoms with van der Waals surface area (Å²) in [4.78, 5) is 26.0. The molecular formula is C20H23N5OS. The molecule has 2 fully saturated rings. The lowest BCUT2D eigenvalue weighted by molar-refractivity contribution is -0.118. The lowest BCUT2D eigenvalue weighted by Crippen LogP contribution is -2.48. The lowest BCUT2D eigenvalue weighted by Gasteiger charge is -2.27. The standard InChI is InChI=1S/C20H23N5OS/c26-19-13-21-7-10-25(19)15-4-5-16-17(11-15)27-20(23-16)14-3-6-18(22-12-14)24-8-1-2-9-24/h3-5,11-12,18,21H,1-2,6-10,13H2. The number of benzene rings is 1. The van der Waals surface area contributed by atoms with Gasteiger partial charge in [0, 0.05) is 50.1 Å². The maximum atomic E-state index is 12.1. The minimum atomic E-state index is 0.125. The number of thiazole rings is 1. The minimum Gasteiger partial charge on any atom is -0.310 e. The molecule has 7 heteroatoms.